The Bertz CT molecular complexity index is 343. The number of nitrogens with two attached hydrogens (primary N) is 1. The highest BCUT2D eigenvalue weighted by molar-refractivity contribution is 5.27. The van der Waals surface area contributed by atoms with Crippen molar-refractivity contribution < 1.29 is 14.2 Å². The highest BCUT2D eigenvalue weighted by atomic mass is 16.5. The van der Waals surface area contributed by atoms with E-state index in [1.807, 2.05) is 7.05 Å². The van der Waals surface area contributed by atoms with Crippen LogP contribution in [0.25, 0.3) is 0 Å². The van der Waals surface area contributed by atoms with Gasteiger partial charge in [-0.1, -0.05) is 0 Å². The fourth-order valence-corrected chi connectivity index (χ4v) is 1.73. The molecule has 1 heterocycles. The second kappa shape index (κ2) is 8.04. The Kier molecular flexibility index (Phi) is 6.66. The molecule has 104 valence electrons. The fraction of sp³-hybridized carbons (Fsp3) is 0.727. The van der Waals surface area contributed by atoms with Crippen LogP contribution < -0.4 is 16.0 Å². The van der Waals surface area contributed by atoms with Gasteiger partial charge in [0.05, 0.1) is 38.3 Å². The maximum atomic E-state index is 5.57. The van der Waals surface area contributed by atoms with Gasteiger partial charge in [-0.15, -0.1) is 0 Å². The maximum Gasteiger partial charge on any atom is 0.161 e. The summed E-state index contributed by atoms with van der Waals surface area (Å²) >= 11 is 0. The summed E-state index contributed by atoms with van der Waals surface area (Å²) < 4.78 is 17.3. The van der Waals surface area contributed by atoms with Gasteiger partial charge in [-0.25, -0.2) is 0 Å². The molecule has 0 aromatic carbocycles. The van der Waals surface area contributed by atoms with Crippen LogP contribution in [0.15, 0.2) is 6.20 Å². The largest absolute Gasteiger partial charge is 0.493 e. The van der Waals surface area contributed by atoms with Gasteiger partial charge in [0.25, 0.3) is 0 Å². The van der Waals surface area contributed by atoms with Gasteiger partial charge in [0, 0.05) is 20.8 Å². The Morgan fingerprint density at radius 3 is 2.78 bits per heavy atom. The van der Waals surface area contributed by atoms with Crippen LogP contribution in [-0.2, 0) is 16.5 Å². The van der Waals surface area contributed by atoms with Crippen LogP contribution in [0, 0.1) is 0 Å². The van der Waals surface area contributed by atoms with Gasteiger partial charge < -0.3 is 14.2 Å². The number of aryl methyl sites for hydroxylation is 1. The zero-order valence-electron chi connectivity index (χ0n) is 11.2. The van der Waals surface area contributed by atoms with E-state index in [1.165, 1.54) is 0 Å². The minimum absolute atomic E-state index is 0.0602. The van der Waals surface area contributed by atoms with Crippen LogP contribution in [0.1, 0.15) is 18.2 Å². The van der Waals surface area contributed by atoms with Crippen molar-refractivity contribution in [3.63, 3.8) is 0 Å². The van der Waals surface area contributed by atoms with Crippen molar-refractivity contribution in [2.24, 2.45) is 12.9 Å². The summed E-state index contributed by atoms with van der Waals surface area (Å²) in [5.41, 5.74) is 3.67. The second-order valence-electron chi connectivity index (χ2n) is 3.83. The van der Waals surface area contributed by atoms with Crippen molar-refractivity contribution in [1.82, 2.24) is 15.2 Å². The number of hydrazine groups is 1. The Morgan fingerprint density at radius 2 is 2.17 bits per heavy atom. The number of hydrogen-bond acceptors (Lipinski definition) is 6. The van der Waals surface area contributed by atoms with E-state index in [9.17, 15) is 0 Å². The zero-order valence-corrected chi connectivity index (χ0v) is 11.2. The molecule has 0 fully saturated rings. The number of methoxy groups -OCH3 is 2. The minimum Gasteiger partial charge on any atom is -0.493 e. The fourth-order valence-electron chi connectivity index (χ4n) is 1.73. The van der Waals surface area contributed by atoms with Crippen molar-refractivity contribution in [2.75, 3.05) is 34.0 Å². The van der Waals surface area contributed by atoms with Crippen LogP contribution in [-0.4, -0.2) is 43.8 Å². The molecule has 0 saturated heterocycles. The first kappa shape index (κ1) is 14.9. The van der Waals surface area contributed by atoms with E-state index in [1.54, 1.807) is 25.1 Å². The molecule has 7 heteroatoms. The van der Waals surface area contributed by atoms with Crippen molar-refractivity contribution in [1.29, 1.82) is 0 Å². The van der Waals surface area contributed by atoms with Crippen molar-refractivity contribution in [3.05, 3.63) is 11.9 Å². The summed E-state index contributed by atoms with van der Waals surface area (Å²) in [6, 6.07) is -0.0602. The molecular formula is C11H22N4O3. The molecule has 1 aromatic rings. The van der Waals surface area contributed by atoms with Gasteiger partial charge in [0.1, 0.15) is 0 Å². The number of ether oxygens (including phenoxy) is 3. The zero-order chi connectivity index (χ0) is 13.4. The first-order valence-corrected chi connectivity index (χ1v) is 5.83. The van der Waals surface area contributed by atoms with Crippen LogP contribution in [0.2, 0.25) is 0 Å². The standard InChI is InChI=1S/C11H22N4O3/c1-15-11(10(17-3)8-13-15)9(14-12)4-5-18-7-6-16-2/h8-9,14H,4-7,12H2,1-3H3. The van der Waals surface area contributed by atoms with E-state index in [-0.39, 0.29) is 6.04 Å². The van der Waals surface area contributed by atoms with Gasteiger partial charge in [0.15, 0.2) is 5.75 Å². The molecule has 0 saturated carbocycles. The number of aromatic nitrogens is 2. The third-order valence-corrected chi connectivity index (χ3v) is 2.68. The van der Waals surface area contributed by atoms with Gasteiger partial charge in [-0.05, 0) is 6.42 Å². The Hall–Kier alpha value is -1.15. The summed E-state index contributed by atoms with van der Waals surface area (Å²) in [4.78, 5) is 0. The van der Waals surface area contributed by atoms with Crippen LogP contribution in [0.5, 0.6) is 5.75 Å². The van der Waals surface area contributed by atoms with E-state index in [0.717, 1.165) is 17.9 Å². The lowest BCUT2D eigenvalue weighted by atomic mass is 10.1. The second-order valence-corrected chi connectivity index (χ2v) is 3.83. The van der Waals surface area contributed by atoms with Gasteiger partial charge in [-0.3, -0.25) is 16.0 Å². The predicted octanol–water partition coefficient (Wildman–Crippen LogP) is -0.0138. The van der Waals surface area contributed by atoms with Crippen LogP contribution >= 0.6 is 0 Å². The summed E-state index contributed by atoms with van der Waals surface area (Å²) in [5, 5.41) is 4.15. The van der Waals surface area contributed by atoms with Crippen molar-refractivity contribution >= 4 is 0 Å². The lowest BCUT2D eigenvalue weighted by Crippen LogP contribution is -2.31. The van der Waals surface area contributed by atoms with E-state index < -0.39 is 0 Å². The summed E-state index contributed by atoms with van der Waals surface area (Å²) in [5.74, 6) is 6.29. The molecule has 0 spiro atoms. The summed E-state index contributed by atoms with van der Waals surface area (Å²) in [6.45, 7) is 1.76. The normalized spacial score (nSPS) is 12.7. The third-order valence-electron chi connectivity index (χ3n) is 2.68. The smallest absolute Gasteiger partial charge is 0.161 e. The van der Waals surface area contributed by atoms with E-state index in [2.05, 4.69) is 10.5 Å². The molecule has 0 aliphatic rings. The Balaban J connectivity index is 2.52. The molecule has 0 bridgehead atoms. The molecule has 0 radical (unpaired) electrons. The van der Waals surface area contributed by atoms with Crippen molar-refractivity contribution in [2.45, 2.75) is 12.5 Å². The molecule has 7 nitrogen and oxygen atoms in total. The highest BCUT2D eigenvalue weighted by Crippen LogP contribution is 2.25. The quantitative estimate of drug-likeness (QED) is 0.368. The average molecular weight is 258 g/mol. The molecule has 3 N–H and O–H groups in total. The Morgan fingerprint density at radius 1 is 1.39 bits per heavy atom. The molecule has 1 atom stereocenters. The van der Waals surface area contributed by atoms with Gasteiger partial charge >= 0.3 is 0 Å². The number of nitrogens with zero attached hydrogens (tertiary/aromatic N) is 2. The molecule has 0 amide bonds. The molecule has 0 aliphatic carbocycles. The van der Waals surface area contributed by atoms with Gasteiger partial charge in [-0.2, -0.15) is 5.10 Å². The first-order valence-electron chi connectivity index (χ1n) is 5.83. The lowest BCUT2D eigenvalue weighted by molar-refractivity contribution is 0.0653. The highest BCUT2D eigenvalue weighted by Gasteiger charge is 2.19. The first-order chi connectivity index (χ1) is 8.74. The Labute approximate surface area is 107 Å². The number of nitrogens with one attached hydrogen (secondary N) is 1. The summed E-state index contributed by atoms with van der Waals surface area (Å²) in [6.07, 6.45) is 2.40. The summed E-state index contributed by atoms with van der Waals surface area (Å²) in [7, 11) is 5.12. The van der Waals surface area contributed by atoms with Crippen molar-refractivity contribution in [3.8, 4) is 5.75 Å². The number of hydrogen-bond donors (Lipinski definition) is 2. The van der Waals surface area contributed by atoms with E-state index in [0.29, 0.717) is 19.8 Å². The molecule has 1 unspecified atom stereocenters. The molecule has 1 rings (SSSR count). The van der Waals surface area contributed by atoms with E-state index in [4.69, 9.17) is 20.1 Å². The average Bonchev–Trinajstić information content (AvgIpc) is 2.75. The molecule has 0 aliphatic heterocycles. The van der Waals surface area contributed by atoms with Gasteiger partial charge in [0.2, 0.25) is 0 Å². The monoisotopic (exact) mass is 258 g/mol. The lowest BCUT2D eigenvalue weighted by Gasteiger charge is -2.17. The topological polar surface area (TPSA) is 83.6 Å². The maximum absolute atomic E-state index is 5.57. The van der Waals surface area contributed by atoms with Crippen LogP contribution in [0.3, 0.4) is 0 Å². The van der Waals surface area contributed by atoms with E-state index >= 15 is 0 Å². The molecule has 18 heavy (non-hydrogen) atoms. The minimum atomic E-state index is -0.0602. The third kappa shape index (κ3) is 3.95. The van der Waals surface area contributed by atoms with Crippen LogP contribution in [0.4, 0.5) is 0 Å². The SMILES string of the molecule is COCCOCCC(NN)c1c(OC)cnn1C. The molecule has 1 aromatic heterocycles. The predicted molar refractivity (Wildman–Crippen MR) is 67.1 cm³/mol. The number of rotatable bonds is 9. The molecular weight excluding hydrogens is 236 g/mol.